The number of hydrogen-bond acceptors (Lipinski definition) is 6. The van der Waals surface area contributed by atoms with Crippen LogP contribution in [0.3, 0.4) is 0 Å². The zero-order chi connectivity index (χ0) is 23.0. The molecule has 4 rings (SSSR count). The lowest BCUT2D eigenvalue weighted by Crippen LogP contribution is -2.33. The lowest BCUT2D eigenvalue weighted by molar-refractivity contribution is 0.0695. The van der Waals surface area contributed by atoms with Crippen molar-refractivity contribution in [3.8, 4) is 0 Å². The Bertz CT molecular complexity index is 1230. The monoisotopic (exact) mass is 437 g/mol. The number of aliphatic hydroxyl groups is 1. The first-order chi connectivity index (χ1) is 15.3. The normalized spacial score (nSPS) is 15.9. The minimum Gasteiger partial charge on any atom is -0.478 e. The van der Waals surface area contributed by atoms with E-state index in [1.54, 1.807) is 32.0 Å². The molecule has 0 fully saturated rings. The summed E-state index contributed by atoms with van der Waals surface area (Å²) in [4.78, 5) is 41.2. The van der Waals surface area contributed by atoms with E-state index in [1.807, 2.05) is 0 Å². The van der Waals surface area contributed by atoms with Gasteiger partial charge in [0.2, 0.25) is 0 Å². The number of amides is 2. The third kappa shape index (κ3) is 3.92. The maximum Gasteiger partial charge on any atom is 0.335 e. The van der Waals surface area contributed by atoms with Crippen LogP contribution in [0.2, 0.25) is 0 Å². The van der Waals surface area contributed by atoms with Gasteiger partial charge in [-0.05, 0) is 49.4 Å². The van der Waals surface area contributed by atoms with Crippen molar-refractivity contribution in [2.45, 2.75) is 38.8 Å². The number of carboxylic acid groups (broad SMARTS) is 1. The Kier molecular flexibility index (Phi) is 5.62. The lowest BCUT2D eigenvalue weighted by atomic mass is 9.98. The average molecular weight is 437 g/mol. The molecule has 2 aromatic heterocycles. The molecule has 0 saturated carbocycles. The van der Waals surface area contributed by atoms with Crippen LogP contribution >= 0.6 is 0 Å². The highest BCUT2D eigenvalue weighted by Gasteiger charge is 2.28. The van der Waals surface area contributed by atoms with Crippen molar-refractivity contribution in [2.24, 2.45) is 0 Å². The Labute approximate surface area is 183 Å². The smallest absolute Gasteiger partial charge is 0.335 e. The molecule has 1 aliphatic rings. The fourth-order valence-corrected chi connectivity index (χ4v) is 4.02. The minimum atomic E-state index is -0.975. The molecule has 1 unspecified atom stereocenters. The molecular formula is C22H23N5O5. The fraction of sp³-hybridized carbons (Fsp3) is 0.318. The summed E-state index contributed by atoms with van der Waals surface area (Å²) in [6, 6.07) is 5.97. The van der Waals surface area contributed by atoms with E-state index in [9.17, 15) is 24.6 Å². The highest BCUT2D eigenvalue weighted by atomic mass is 16.4. The molecule has 2 amide bonds. The number of carbonyl (C=O) groups is 3. The second-order valence-electron chi connectivity index (χ2n) is 7.86. The molecule has 166 valence electrons. The van der Waals surface area contributed by atoms with Crippen molar-refractivity contribution in [1.29, 1.82) is 0 Å². The van der Waals surface area contributed by atoms with Gasteiger partial charge >= 0.3 is 5.97 Å². The van der Waals surface area contributed by atoms with Crippen LogP contribution < -0.4 is 10.6 Å². The lowest BCUT2D eigenvalue weighted by Gasteiger charge is -2.16. The molecule has 0 spiro atoms. The van der Waals surface area contributed by atoms with E-state index < -0.39 is 23.9 Å². The van der Waals surface area contributed by atoms with Crippen LogP contribution in [-0.2, 0) is 6.42 Å². The van der Waals surface area contributed by atoms with Gasteiger partial charge in [0, 0.05) is 18.7 Å². The van der Waals surface area contributed by atoms with E-state index in [2.05, 4.69) is 20.7 Å². The zero-order valence-electron chi connectivity index (χ0n) is 17.6. The number of aliphatic hydroxyl groups excluding tert-OH is 1. The Balaban J connectivity index is 1.62. The van der Waals surface area contributed by atoms with Crippen molar-refractivity contribution < 1.29 is 24.6 Å². The first-order valence-corrected chi connectivity index (χ1v) is 10.2. The highest BCUT2D eigenvalue weighted by molar-refractivity contribution is 5.98. The van der Waals surface area contributed by atoms with E-state index in [-0.39, 0.29) is 29.5 Å². The van der Waals surface area contributed by atoms with Crippen molar-refractivity contribution in [3.05, 3.63) is 64.1 Å². The molecule has 0 aliphatic heterocycles. The van der Waals surface area contributed by atoms with Crippen molar-refractivity contribution in [3.63, 3.8) is 0 Å². The average Bonchev–Trinajstić information content (AvgIpc) is 3.38. The summed E-state index contributed by atoms with van der Waals surface area (Å²) >= 11 is 0. The fourth-order valence-electron chi connectivity index (χ4n) is 4.02. The molecular weight excluding hydrogens is 414 g/mol. The molecule has 32 heavy (non-hydrogen) atoms. The van der Waals surface area contributed by atoms with E-state index in [0.29, 0.717) is 24.1 Å². The molecule has 4 N–H and O–H groups in total. The summed E-state index contributed by atoms with van der Waals surface area (Å²) in [5, 5.41) is 28.4. The number of hydrogen-bond donors (Lipinski definition) is 4. The van der Waals surface area contributed by atoms with Gasteiger partial charge in [-0.25, -0.2) is 14.3 Å². The van der Waals surface area contributed by atoms with Crippen LogP contribution in [0.5, 0.6) is 0 Å². The van der Waals surface area contributed by atoms with Crippen LogP contribution in [0, 0.1) is 6.92 Å². The maximum absolute atomic E-state index is 13.2. The zero-order valence-corrected chi connectivity index (χ0v) is 17.6. The van der Waals surface area contributed by atoms with Crippen LogP contribution in [0.25, 0.3) is 5.65 Å². The molecule has 10 nitrogen and oxygen atoms in total. The second-order valence-corrected chi connectivity index (χ2v) is 7.86. The first kappa shape index (κ1) is 21.4. The predicted molar refractivity (Wildman–Crippen MR) is 114 cm³/mol. The molecule has 10 heteroatoms. The van der Waals surface area contributed by atoms with E-state index in [1.165, 1.54) is 16.8 Å². The van der Waals surface area contributed by atoms with Crippen molar-refractivity contribution in [2.75, 3.05) is 6.54 Å². The van der Waals surface area contributed by atoms with Crippen molar-refractivity contribution in [1.82, 2.24) is 25.2 Å². The minimum absolute atomic E-state index is 0.0394. The number of aromatic carboxylic acids is 1. The van der Waals surface area contributed by atoms with E-state index >= 15 is 0 Å². The van der Waals surface area contributed by atoms with Crippen LogP contribution in [-0.4, -0.2) is 55.2 Å². The molecule has 0 bridgehead atoms. The van der Waals surface area contributed by atoms with Gasteiger partial charge in [0.25, 0.3) is 11.8 Å². The third-order valence-electron chi connectivity index (χ3n) is 5.61. The van der Waals surface area contributed by atoms with Gasteiger partial charge in [0.15, 0.2) is 5.65 Å². The number of fused-ring (bicyclic) bond motifs is 2. The molecule has 2 heterocycles. The summed E-state index contributed by atoms with van der Waals surface area (Å²) in [6.45, 7) is 3.39. The number of rotatable bonds is 6. The Morgan fingerprint density at radius 2 is 2.03 bits per heavy atom. The topological polar surface area (TPSA) is 146 Å². The predicted octanol–water partition coefficient (Wildman–Crippen LogP) is 1.26. The third-order valence-corrected chi connectivity index (χ3v) is 5.61. The summed E-state index contributed by atoms with van der Waals surface area (Å²) < 4.78 is 1.36. The van der Waals surface area contributed by atoms with Gasteiger partial charge in [-0.3, -0.25) is 9.59 Å². The SMILES string of the molecule is Cc1c(C(=O)O)ccc2c1CC[C@@H]2NC(=O)c1cc(C(=O)NCC(C)O)nc2ccnn12. The largest absolute Gasteiger partial charge is 0.478 e. The summed E-state index contributed by atoms with van der Waals surface area (Å²) in [5.74, 6) is -1.91. The van der Waals surface area contributed by atoms with Gasteiger partial charge in [0.1, 0.15) is 11.4 Å². The number of benzene rings is 1. The van der Waals surface area contributed by atoms with Gasteiger partial charge in [-0.15, -0.1) is 0 Å². The number of nitrogens with zero attached hydrogens (tertiary/aromatic N) is 3. The van der Waals surface area contributed by atoms with Crippen LogP contribution in [0.1, 0.15) is 67.4 Å². The van der Waals surface area contributed by atoms with Gasteiger partial charge in [0.05, 0.1) is 23.9 Å². The van der Waals surface area contributed by atoms with Crippen LogP contribution in [0.15, 0.2) is 30.5 Å². The van der Waals surface area contributed by atoms with E-state index in [4.69, 9.17) is 0 Å². The molecule has 1 aliphatic carbocycles. The number of carboxylic acids is 1. The summed E-state index contributed by atoms with van der Waals surface area (Å²) in [6.07, 6.45) is 2.07. The molecule has 1 aromatic carbocycles. The second kappa shape index (κ2) is 8.39. The molecule has 3 aromatic rings. The Morgan fingerprint density at radius 1 is 1.25 bits per heavy atom. The highest BCUT2D eigenvalue weighted by Crippen LogP contribution is 2.34. The number of aromatic nitrogens is 3. The number of nitrogens with one attached hydrogen (secondary N) is 2. The molecule has 0 saturated heterocycles. The van der Waals surface area contributed by atoms with Gasteiger partial charge in [-0.2, -0.15) is 5.10 Å². The van der Waals surface area contributed by atoms with E-state index in [0.717, 1.165) is 11.1 Å². The number of carbonyl (C=O) groups excluding carboxylic acids is 2. The van der Waals surface area contributed by atoms with Gasteiger partial charge in [-0.1, -0.05) is 6.07 Å². The first-order valence-electron chi connectivity index (χ1n) is 10.2. The van der Waals surface area contributed by atoms with Crippen molar-refractivity contribution >= 4 is 23.4 Å². The summed E-state index contributed by atoms with van der Waals surface area (Å²) in [7, 11) is 0. The van der Waals surface area contributed by atoms with Crippen LogP contribution in [0.4, 0.5) is 0 Å². The molecule has 0 radical (unpaired) electrons. The Hall–Kier alpha value is -3.79. The Morgan fingerprint density at radius 3 is 2.75 bits per heavy atom. The summed E-state index contributed by atoms with van der Waals surface area (Å²) in [5.41, 5.74) is 3.33. The quantitative estimate of drug-likeness (QED) is 0.454. The molecule has 2 atom stereocenters. The van der Waals surface area contributed by atoms with Gasteiger partial charge < -0.3 is 20.8 Å². The maximum atomic E-state index is 13.2. The standard InChI is InChI=1S/C22H23N5O5/c1-11(28)10-23-20(29)17-9-18(27-19(25-17)7-8-24-27)21(30)26-16-6-5-13-12(2)14(22(31)32)3-4-15(13)16/h3-4,7-9,11,16,28H,5-6,10H2,1-2H3,(H,23,29)(H,26,30)(H,31,32)/t11?,16-/m0/s1.